The molecule has 4 nitrogen and oxygen atoms in total. The smallest absolute Gasteiger partial charge is 0.252 e. The molecule has 0 unspecified atom stereocenters. The number of nitrogens with two attached hydrogens (primary N) is 1. The Morgan fingerprint density at radius 3 is 3.00 bits per heavy atom. The number of hydrogen-bond acceptors (Lipinski definition) is 4. The van der Waals surface area contributed by atoms with Crippen molar-refractivity contribution >= 4 is 23.5 Å². The Labute approximate surface area is 87.3 Å². The summed E-state index contributed by atoms with van der Waals surface area (Å²) in [5.74, 6) is 1.23. The molecule has 1 heterocycles. The number of nitrogen functional groups attached to an aromatic ring is 1. The molecule has 1 amide bonds. The summed E-state index contributed by atoms with van der Waals surface area (Å²) in [4.78, 5) is 15.3. The van der Waals surface area contributed by atoms with E-state index in [2.05, 4.69) is 10.3 Å². The average Bonchev–Trinajstić information content (AvgIpc) is 2.19. The van der Waals surface area contributed by atoms with Gasteiger partial charge in [-0.25, -0.2) is 4.98 Å². The van der Waals surface area contributed by atoms with Crippen molar-refractivity contribution in [1.29, 1.82) is 0 Å². The van der Waals surface area contributed by atoms with Gasteiger partial charge in [0, 0.05) is 18.5 Å². The number of carbonyl (C=O) groups is 1. The van der Waals surface area contributed by atoms with E-state index in [-0.39, 0.29) is 5.91 Å². The van der Waals surface area contributed by atoms with Crippen LogP contribution in [0.5, 0.6) is 0 Å². The lowest BCUT2D eigenvalue weighted by Crippen LogP contribution is -2.25. The summed E-state index contributed by atoms with van der Waals surface area (Å²) in [6.07, 6.45) is 3.47. The Bertz CT molecular complexity index is 299. The maximum absolute atomic E-state index is 11.4. The summed E-state index contributed by atoms with van der Waals surface area (Å²) >= 11 is 1.69. The molecule has 0 atom stereocenters. The Balaban J connectivity index is 2.48. The predicted octanol–water partition coefficient (Wildman–Crippen LogP) is 0.757. The van der Waals surface area contributed by atoms with Gasteiger partial charge in [0.05, 0.1) is 5.56 Å². The highest BCUT2D eigenvalue weighted by Crippen LogP contribution is 2.00. The average molecular weight is 211 g/mol. The summed E-state index contributed by atoms with van der Waals surface area (Å²) in [7, 11) is 0. The standard InChI is InChI=1S/C9H13N3OS/c1-14-5-4-11-9(13)7-2-3-8(10)12-6-7/h2-3,6H,4-5H2,1H3,(H2,10,12)(H,11,13). The van der Waals surface area contributed by atoms with Crippen LogP contribution in [0, 0.1) is 0 Å². The minimum absolute atomic E-state index is 0.105. The van der Waals surface area contributed by atoms with E-state index in [0.717, 1.165) is 5.75 Å². The van der Waals surface area contributed by atoms with Crippen molar-refractivity contribution in [3.8, 4) is 0 Å². The highest BCUT2D eigenvalue weighted by Gasteiger charge is 2.03. The van der Waals surface area contributed by atoms with Crippen molar-refractivity contribution in [2.45, 2.75) is 0 Å². The van der Waals surface area contributed by atoms with Gasteiger partial charge in [-0.3, -0.25) is 4.79 Å². The molecule has 76 valence electrons. The van der Waals surface area contributed by atoms with Gasteiger partial charge in [-0.1, -0.05) is 0 Å². The quantitative estimate of drug-likeness (QED) is 0.721. The van der Waals surface area contributed by atoms with E-state index >= 15 is 0 Å². The highest BCUT2D eigenvalue weighted by molar-refractivity contribution is 7.98. The van der Waals surface area contributed by atoms with Gasteiger partial charge in [-0.2, -0.15) is 11.8 Å². The number of amides is 1. The number of pyridine rings is 1. The second-order valence-electron chi connectivity index (χ2n) is 2.72. The van der Waals surface area contributed by atoms with E-state index in [1.807, 2.05) is 6.26 Å². The monoisotopic (exact) mass is 211 g/mol. The zero-order chi connectivity index (χ0) is 10.4. The molecule has 0 aliphatic rings. The molecule has 0 spiro atoms. The molecule has 0 saturated carbocycles. The van der Waals surface area contributed by atoms with E-state index in [1.165, 1.54) is 6.20 Å². The third-order valence-corrected chi connectivity index (χ3v) is 2.25. The van der Waals surface area contributed by atoms with Crippen LogP contribution in [-0.4, -0.2) is 29.4 Å². The third-order valence-electron chi connectivity index (χ3n) is 1.64. The van der Waals surface area contributed by atoms with Gasteiger partial charge in [-0.15, -0.1) is 0 Å². The SMILES string of the molecule is CSCCNC(=O)c1ccc(N)nc1. The summed E-state index contributed by atoms with van der Waals surface area (Å²) in [6, 6.07) is 3.28. The predicted molar refractivity (Wildman–Crippen MR) is 59.4 cm³/mol. The van der Waals surface area contributed by atoms with Gasteiger partial charge in [0.15, 0.2) is 0 Å². The van der Waals surface area contributed by atoms with E-state index in [9.17, 15) is 4.79 Å². The fraction of sp³-hybridized carbons (Fsp3) is 0.333. The van der Waals surface area contributed by atoms with E-state index in [4.69, 9.17) is 5.73 Å². The summed E-state index contributed by atoms with van der Waals surface area (Å²) < 4.78 is 0. The fourth-order valence-corrected chi connectivity index (χ4v) is 1.21. The van der Waals surface area contributed by atoms with E-state index < -0.39 is 0 Å². The molecule has 0 fully saturated rings. The number of nitrogens with one attached hydrogen (secondary N) is 1. The lowest BCUT2D eigenvalue weighted by molar-refractivity contribution is 0.0956. The Morgan fingerprint density at radius 1 is 1.64 bits per heavy atom. The molecule has 1 rings (SSSR count). The van der Waals surface area contributed by atoms with Gasteiger partial charge in [-0.05, 0) is 18.4 Å². The van der Waals surface area contributed by atoms with Crippen LogP contribution in [0.15, 0.2) is 18.3 Å². The van der Waals surface area contributed by atoms with Crippen molar-refractivity contribution in [2.24, 2.45) is 0 Å². The van der Waals surface area contributed by atoms with Crippen LogP contribution in [0.1, 0.15) is 10.4 Å². The normalized spacial score (nSPS) is 9.79. The lowest BCUT2D eigenvalue weighted by atomic mass is 10.2. The summed E-state index contributed by atoms with van der Waals surface area (Å²) in [6.45, 7) is 0.671. The number of nitrogens with zero attached hydrogens (tertiary/aromatic N) is 1. The largest absolute Gasteiger partial charge is 0.384 e. The molecule has 1 aromatic heterocycles. The van der Waals surface area contributed by atoms with Crippen molar-refractivity contribution < 1.29 is 4.79 Å². The number of carbonyl (C=O) groups excluding carboxylic acids is 1. The van der Waals surface area contributed by atoms with Crippen molar-refractivity contribution in [2.75, 3.05) is 24.3 Å². The second kappa shape index (κ2) is 5.49. The molecule has 0 aromatic carbocycles. The van der Waals surface area contributed by atoms with Gasteiger partial charge in [0.1, 0.15) is 5.82 Å². The maximum Gasteiger partial charge on any atom is 0.252 e. The van der Waals surface area contributed by atoms with E-state index in [0.29, 0.717) is 17.9 Å². The minimum atomic E-state index is -0.105. The Morgan fingerprint density at radius 2 is 2.43 bits per heavy atom. The van der Waals surface area contributed by atoms with Crippen LogP contribution < -0.4 is 11.1 Å². The Hall–Kier alpha value is -1.23. The molecule has 0 radical (unpaired) electrons. The zero-order valence-corrected chi connectivity index (χ0v) is 8.80. The number of thioether (sulfide) groups is 1. The van der Waals surface area contributed by atoms with Gasteiger partial charge in [0.2, 0.25) is 0 Å². The third kappa shape index (κ3) is 3.26. The highest BCUT2D eigenvalue weighted by atomic mass is 32.2. The molecule has 1 aromatic rings. The lowest BCUT2D eigenvalue weighted by Gasteiger charge is -2.03. The molecule has 0 bridgehead atoms. The summed E-state index contributed by atoms with van der Waals surface area (Å²) in [5, 5.41) is 2.78. The maximum atomic E-state index is 11.4. The summed E-state index contributed by atoms with van der Waals surface area (Å²) in [5.41, 5.74) is 5.94. The Kier molecular flexibility index (Phi) is 4.25. The first-order chi connectivity index (χ1) is 6.74. The number of anilines is 1. The molecule has 14 heavy (non-hydrogen) atoms. The van der Waals surface area contributed by atoms with Crippen molar-refractivity contribution in [1.82, 2.24) is 10.3 Å². The number of aromatic nitrogens is 1. The van der Waals surface area contributed by atoms with Crippen molar-refractivity contribution in [3.63, 3.8) is 0 Å². The minimum Gasteiger partial charge on any atom is -0.384 e. The molecule has 0 saturated heterocycles. The number of rotatable bonds is 4. The van der Waals surface area contributed by atoms with Gasteiger partial charge < -0.3 is 11.1 Å². The van der Waals surface area contributed by atoms with Gasteiger partial charge >= 0.3 is 0 Å². The molecule has 3 N–H and O–H groups in total. The fourth-order valence-electron chi connectivity index (χ4n) is 0.908. The first-order valence-corrected chi connectivity index (χ1v) is 5.62. The van der Waals surface area contributed by atoms with Crippen LogP contribution in [0.4, 0.5) is 5.82 Å². The second-order valence-corrected chi connectivity index (χ2v) is 3.71. The van der Waals surface area contributed by atoms with Crippen LogP contribution in [0.2, 0.25) is 0 Å². The molecular weight excluding hydrogens is 198 g/mol. The van der Waals surface area contributed by atoms with Crippen LogP contribution >= 0.6 is 11.8 Å². The number of hydrogen-bond donors (Lipinski definition) is 2. The van der Waals surface area contributed by atoms with Gasteiger partial charge in [0.25, 0.3) is 5.91 Å². The van der Waals surface area contributed by atoms with E-state index in [1.54, 1.807) is 23.9 Å². The van der Waals surface area contributed by atoms with Crippen LogP contribution in [0.3, 0.4) is 0 Å². The first kappa shape index (κ1) is 10.8. The molecule has 0 aliphatic carbocycles. The van der Waals surface area contributed by atoms with Crippen molar-refractivity contribution in [3.05, 3.63) is 23.9 Å². The molecular formula is C9H13N3OS. The molecule has 0 aliphatic heterocycles. The first-order valence-electron chi connectivity index (χ1n) is 4.22. The molecule has 5 heteroatoms. The van der Waals surface area contributed by atoms with Crippen LogP contribution in [-0.2, 0) is 0 Å². The topological polar surface area (TPSA) is 68.0 Å². The van der Waals surface area contributed by atoms with Crippen LogP contribution in [0.25, 0.3) is 0 Å². The zero-order valence-electron chi connectivity index (χ0n) is 7.99.